The molecule has 48 heavy (non-hydrogen) atoms. The summed E-state index contributed by atoms with van der Waals surface area (Å²) in [4.78, 5) is 41.6. The molecule has 262 valence electrons. The van der Waals surface area contributed by atoms with Gasteiger partial charge in [-0.2, -0.15) is 0 Å². The average molecular weight is 669 g/mol. The third kappa shape index (κ3) is 9.41. The van der Waals surface area contributed by atoms with Crippen molar-refractivity contribution >= 4 is 23.7 Å². The standard InChI is InChI=1S/C36H48N2O10/c1-23-9-8-12-26(39)11-7-5-6-10-24-19-28(40)33(34(42)32(24)36(43)48-23)27(22-31(41)37-13-14-38-15-17-47-18-16-38)25-20-29(44-2)35(46-4)30(21-25)45-3/h6,10,19-21,23,27,40,42H,5,7-9,11-18,22H2,1-4H3,(H,37,41)/t23-,27?/m0/s1. The SMILES string of the molecule is COc1cc(C(CC(=O)NCCN2CCOCC2)c2c(O)cc3c(c2O)C(=O)O[C@@H](C)CCCC(=O)CCCC=C3)cc(OC)c1OC. The number of hydrogen-bond donors (Lipinski definition) is 3. The molecule has 0 aliphatic carbocycles. The number of allylic oxidation sites excluding steroid dienone is 1. The van der Waals surface area contributed by atoms with Crippen LogP contribution in [-0.2, 0) is 19.1 Å². The summed E-state index contributed by atoms with van der Waals surface area (Å²) in [7, 11) is 4.41. The smallest absolute Gasteiger partial charge is 0.342 e. The molecule has 1 unspecified atom stereocenters. The number of methoxy groups -OCH3 is 3. The summed E-state index contributed by atoms with van der Waals surface area (Å²) in [5.41, 5.74) is 0.592. The lowest BCUT2D eigenvalue weighted by Gasteiger charge is -2.27. The zero-order chi connectivity index (χ0) is 34.6. The number of nitrogens with one attached hydrogen (secondary N) is 1. The predicted molar refractivity (Wildman–Crippen MR) is 179 cm³/mol. The predicted octanol–water partition coefficient (Wildman–Crippen LogP) is 4.58. The normalized spacial score (nSPS) is 18.6. The second-order valence-corrected chi connectivity index (χ2v) is 12.1. The molecule has 0 radical (unpaired) electrons. The number of cyclic esters (lactones) is 1. The van der Waals surface area contributed by atoms with Gasteiger partial charge in [0.1, 0.15) is 22.8 Å². The Bertz CT molecular complexity index is 1440. The van der Waals surface area contributed by atoms with Crippen LogP contribution in [0.15, 0.2) is 24.3 Å². The van der Waals surface area contributed by atoms with Gasteiger partial charge in [0.2, 0.25) is 11.7 Å². The quantitative estimate of drug-likeness (QED) is 0.305. The van der Waals surface area contributed by atoms with Crippen LogP contribution in [-0.4, -0.2) is 99.6 Å². The van der Waals surface area contributed by atoms with Gasteiger partial charge in [0.15, 0.2) is 11.5 Å². The van der Waals surface area contributed by atoms with E-state index in [1.807, 2.05) is 0 Å². The Morgan fingerprint density at radius 2 is 1.71 bits per heavy atom. The van der Waals surface area contributed by atoms with Gasteiger partial charge >= 0.3 is 5.97 Å². The van der Waals surface area contributed by atoms with Crippen LogP contribution >= 0.6 is 0 Å². The summed E-state index contributed by atoms with van der Waals surface area (Å²) in [5.74, 6) is -1.72. The van der Waals surface area contributed by atoms with Crippen molar-refractivity contribution in [2.75, 3.05) is 60.7 Å². The number of carbonyl (C=O) groups excluding carboxylic acids is 3. The van der Waals surface area contributed by atoms with E-state index in [1.165, 1.54) is 27.4 Å². The van der Waals surface area contributed by atoms with E-state index in [9.17, 15) is 24.6 Å². The minimum absolute atomic E-state index is 0.0175. The minimum atomic E-state index is -0.944. The van der Waals surface area contributed by atoms with E-state index in [4.69, 9.17) is 23.7 Å². The highest BCUT2D eigenvalue weighted by atomic mass is 16.5. The number of benzene rings is 2. The first kappa shape index (κ1) is 36.5. The monoisotopic (exact) mass is 668 g/mol. The molecule has 1 fully saturated rings. The lowest BCUT2D eigenvalue weighted by molar-refractivity contribution is -0.121. The highest BCUT2D eigenvalue weighted by Gasteiger charge is 2.32. The fraction of sp³-hybridized carbons (Fsp3) is 0.528. The zero-order valence-electron chi connectivity index (χ0n) is 28.3. The first-order valence-electron chi connectivity index (χ1n) is 16.5. The highest BCUT2D eigenvalue weighted by molar-refractivity contribution is 5.98. The largest absolute Gasteiger partial charge is 0.507 e. The summed E-state index contributed by atoms with van der Waals surface area (Å²) in [6.07, 6.45) is 5.85. The molecule has 2 aliphatic rings. The Balaban J connectivity index is 1.78. The average Bonchev–Trinajstić information content (AvgIpc) is 3.06. The number of rotatable bonds is 10. The first-order chi connectivity index (χ1) is 23.2. The minimum Gasteiger partial charge on any atom is -0.507 e. The van der Waals surface area contributed by atoms with Gasteiger partial charge in [-0.15, -0.1) is 0 Å². The van der Waals surface area contributed by atoms with E-state index in [-0.39, 0.29) is 40.6 Å². The molecule has 2 heterocycles. The van der Waals surface area contributed by atoms with Crippen LogP contribution in [0.2, 0.25) is 0 Å². The van der Waals surface area contributed by atoms with E-state index >= 15 is 0 Å². The van der Waals surface area contributed by atoms with Crippen LogP contribution in [0.1, 0.15) is 84.8 Å². The van der Waals surface area contributed by atoms with Crippen LogP contribution in [0.25, 0.3) is 6.08 Å². The molecule has 0 spiro atoms. The third-order valence-corrected chi connectivity index (χ3v) is 8.73. The molecule has 2 aromatic rings. The van der Waals surface area contributed by atoms with Crippen molar-refractivity contribution < 1.29 is 48.3 Å². The molecular weight excluding hydrogens is 620 g/mol. The fourth-order valence-corrected chi connectivity index (χ4v) is 6.14. The van der Waals surface area contributed by atoms with Crippen LogP contribution in [0.4, 0.5) is 0 Å². The number of ketones is 1. The highest BCUT2D eigenvalue weighted by Crippen LogP contribution is 2.47. The maximum absolute atomic E-state index is 13.7. The lowest BCUT2D eigenvalue weighted by Crippen LogP contribution is -2.41. The molecule has 2 atom stereocenters. The summed E-state index contributed by atoms with van der Waals surface area (Å²) in [6.45, 7) is 5.62. The van der Waals surface area contributed by atoms with E-state index in [0.29, 0.717) is 87.6 Å². The number of Topliss-reactive ketones (excluding diaryl/α,β-unsaturated/α-hetero) is 1. The van der Waals surface area contributed by atoms with Crippen molar-refractivity contribution in [3.8, 4) is 28.7 Å². The maximum atomic E-state index is 13.7. The van der Waals surface area contributed by atoms with Gasteiger partial charge in [-0.1, -0.05) is 12.2 Å². The molecule has 3 N–H and O–H groups in total. The van der Waals surface area contributed by atoms with Gasteiger partial charge in [-0.25, -0.2) is 4.79 Å². The molecule has 0 aromatic heterocycles. The van der Waals surface area contributed by atoms with Crippen LogP contribution in [0.3, 0.4) is 0 Å². The number of phenols is 2. The fourth-order valence-electron chi connectivity index (χ4n) is 6.14. The van der Waals surface area contributed by atoms with Gasteiger partial charge in [0.05, 0.1) is 40.6 Å². The Labute approximate surface area is 281 Å². The van der Waals surface area contributed by atoms with Crippen molar-refractivity contribution in [2.24, 2.45) is 0 Å². The van der Waals surface area contributed by atoms with Crippen molar-refractivity contribution in [3.05, 3.63) is 46.5 Å². The number of amides is 1. The molecule has 12 heteroatoms. The van der Waals surface area contributed by atoms with Gasteiger partial charge in [-0.3, -0.25) is 14.5 Å². The molecule has 0 bridgehead atoms. The van der Waals surface area contributed by atoms with E-state index in [1.54, 1.807) is 31.2 Å². The Morgan fingerprint density at radius 3 is 2.38 bits per heavy atom. The number of hydrogen-bond acceptors (Lipinski definition) is 11. The maximum Gasteiger partial charge on any atom is 0.342 e. The molecular formula is C36H48N2O10. The summed E-state index contributed by atoms with van der Waals surface area (Å²) in [5, 5.41) is 26.3. The van der Waals surface area contributed by atoms with Crippen molar-refractivity contribution in [2.45, 2.75) is 63.9 Å². The second kappa shape index (κ2) is 17.7. The van der Waals surface area contributed by atoms with Gasteiger partial charge < -0.3 is 39.2 Å². The molecule has 12 nitrogen and oxygen atoms in total. The molecule has 2 aliphatic heterocycles. The van der Waals surface area contributed by atoms with Crippen molar-refractivity contribution in [1.29, 1.82) is 0 Å². The number of aromatic hydroxyl groups is 2. The van der Waals surface area contributed by atoms with Gasteiger partial charge in [-0.05, 0) is 61.9 Å². The third-order valence-electron chi connectivity index (χ3n) is 8.73. The number of fused-ring (bicyclic) bond motifs is 1. The van der Waals surface area contributed by atoms with Crippen molar-refractivity contribution in [1.82, 2.24) is 10.2 Å². The Kier molecular flexibility index (Phi) is 13.5. The summed E-state index contributed by atoms with van der Waals surface area (Å²) in [6, 6.07) is 4.70. The zero-order valence-corrected chi connectivity index (χ0v) is 28.3. The topological polar surface area (TPSA) is 153 Å². The first-order valence-corrected chi connectivity index (χ1v) is 16.5. The van der Waals surface area contributed by atoms with E-state index in [0.717, 1.165) is 13.1 Å². The molecule has 4 rings (SSSR count). The molecule has 1 saturated heterocycles. The number of esters is 1. The summed E-state index contributed by atoms with van der Waals surface area (Å²) < 4.78 is 27.8. The summed E-state index contributed by atoms with van der Waals surface area (Å²) >= 11 is 0. The van der Waals surface area contributed by atoms with Crippen molar-refractivity contribution in [3.63, 3.8) is 0 Å². The second-order valence-electron chi connectivity index (χ2n) is 12.1. The van der Waals surface area contributed by atoms with Crippen LogP contribution in [0.5, 0.6) is 28.7 Å². The molecule has 2 aromatic carbocycles. The van der Waals surface area contributed by atoms with Crippen LogP contribution in [0, 0.1) is 0 Å². The number of morpholine rings is 1. The van der Waals surface area contributed by atoms with Gasteiger partial charge in [0, 0.05) is 56.9 Å². The number of nitrogens with zero attached hydrogens (tertiary/aromatic N) is 1. The molecule has 0 saturated carbocycles. The van der Waals surface area contributed by atoms with Crippen LogP contribution < -0.4 is 19.5 Å². The number of phenolic OH excluding ortho intramolecular Hbond substituents is 2. The molecule has 1 amide bonds. The van der Waals surface area contributed by atoms with E-state index in [2.05, 4.69) is 10.2 Å². The Morgan fingerprint density at radius 1 is 1.02 bits per heavy atom. The Hall–Kier alpha value is -4.29. The van der Waals surface area contributed by atoms with Gasteiger partial charge in [0.25, 0.3) is 0 Å². The lowest BCUT2D eigenvalue weighted by atomic mass is 9.84. The van der Waals surface area contributed by atoms with E-state index < -0.39 is 23.7 Å². The number of carbonyl (C=O) groups is 3. The number of ether oxygens (including phenoxy) is 5.